The lowest BCUT2D eigenvalue weighted by Crippen LogP contribution is -1.52. The molecule has 0 radical (unpaired) electrons. The zero-order valence-electron chi connectivity index (χ0n) is 3.67. The molecule has 0 nitrogen and oxygen atoms in total. The van der Waals surface area contributed by atoms with E-state index < -0.39 is 9.47 Å². The van der Waals surface area contributed by atoms with Crippen LogP contribution in [0, 0.1) is 0 Å². The second kappa shape index (κ2) is 4.21. The molecule has 0 aromatic carbocycles. The van der Waals surface area contributed by atoms with E-state index in [1.165, 1.54) is 0 Å². The van der Waals surface area contributed by atoms with Gasteiger partial charge in [-0.05, 0) is 44.0 Å². The fourth-order valence-corrected chi connectivity index (χ4v) is 0.390. The lowest BCUT2D eigenvalue weighted by Gasteiger charge is -1.74. The van der Waals surface area contributed by atoms with E-state index in [1.54, 1.807) is 0 Å². The molecule has 0 atom stereocenters. The Labute approximate surface area is 62.5 Å². The summed E-state index contributed by atoms with van der Waals surface area (Å²) in [5, 5.41) is 0. The highest BCUT2D eigenvalue weighted by Gasteiger charge is 1.82. The monoisotopic (exact) mass is 246 g/mol. The van der Waals surface area contributed by atoms with Crippen LogP contribution in [0.25, 0.3) is 0 Å². The fourth-order valence-electron chi connectivity index (χ4n) is 0.126. The van der Waals surface area contributed by atoms with Crippen molar-refractivity contribution in [2.45, 2.75) is 0 Å². The van der Waals surface area contributed by atoms with Crippen molar-refractivity contribution in [3.05, 3.63) is 21.6 Å². The Morgan fingerprint density at radius 3 is 1.38 bits per heavy atom. The summed E-state index contributed by atoms with van der Waals surface area (Å²) in [7, 11) is 0. The summed E-state index contributed by atoms with van der Waals surface area (Å²) in [6.07, 6.45) is 1.90. The average molecular weight is 248 g/mol. The SMILES string of the molecule is FC(Br)=CC=C(F)Br. The van der Waals surface area contributed by atoms with Crippen LogP contribution >= 0.6 is 31.9 Å². The second-order valence-corrected chi connectivity index (χ2v) is 2.43. The van der Waals surface area contributed by atoms with Gasteiger partial charge in [0.15, 0.2) is 9.47 Å². The van der Waals surface area contributed by atoms with E-state index in [2.05, 4.69) is 31.9 Å². The Morgan fingerprint density at radius 1 is 1.00 bits per heavy atom. The summed E-state index contributed by atoms with van der Waals surface area (Å²) < 4.78 is 22.0. The third-order valence-electron chi connectivity index (χ3n) is 0.335. The van der Waals surface area contributed by atoms with Gasteiger partial charge in [-0.25, -0.2) is 0 Å². The Hall–Kier alpha value is 0.300. The van der Waals surface area contributed by atoms with E-state index >= 15 is 0 Å². The highest BCUT2D eigenvalue weighted by molar-refractivity contribution is 9.11. The van der Waals surface area contributed by atoms with Crippen LogP contribution in [-0.2, 0) is 0 Å². The van der Waals surface area contributed by atoms with Crippen LogP contribution in [-0.4, -0.2) is 0 Å². The summed E-state index contributed by atoms with van der Waals surface area (Å²) in [5.74, 6) is 0. The van der Waals surface area contributed by atoms with Gasteiger partial charge >= 0.3 is 0 Å². The van der Waals surface area contributed by atoms with Gasteiger partial charge in [0.1, 0.15) is 0 Å². The van der Waals surface area contributed by atoms with Crippen LogP contribution in [0.5, 0.6) is 0 Å². The molecule has 4 heteroatoms. The van der Waals surface area contributed by atoms with Crippen LogP contribution in [0.1, 0.15) is 0 Å². The molecule has 0 bridgehead atoms. The van der Waals surface area contributed by atoms with Crippen molar-refractivity contribution in [1.29, 1.82) is 0 Å². The maximum Gasteiger partial charge on any atom is 0.165 e. The fraction of sp³-hybridized carbons (Fsp3) is 0. The van der Waals surface area contributed by atoms with Crippen LogP contribution in [0.15, 0.2) is 21.6 Å². The van der Waals surface area contributed by atoms with Crippen molar-refractivity contribution >= 4 is 31.9 Å². The summed E-state index contributed by atoms with van der Waals surface area (Å²) in [4.78, 5) is 0. The first-order chi connectivity index (χ1) is 3.63. The number of hydrogen-bond donors (Lipinski definition) is 0. The molecule has 0 heterocycles. The van der Waals surface area contributed by atoms with Gasteiger partial charge in [-0.3, -0.25) is 0 Å². The highest BCUT2D eigenvalue weighted by Crippen LogP contribution is 2.10. The van der Waals surface area contributed by atoms with E-state index in [0.29, 0.717) is 0 Å². The van der Waals surface area contributed by atoms with Gasteiger partial charge in [-0.1, -0.05) is 0 Å². The van der Waals surface area contributed by atoms with Gasteiger partial charge in [0.2, 0.25) is 0 Å². The minimum absolute atomic E-state index is 0.605. The minimum Gasteiger partial charge on any atom is -0.199 e. The van der Waals surface area contributed by atoms with E-state index in [9.17, 15) is 8.78 Å². The van der Waals surface area contributed by atoms with Crippen molar-refractivity contribution in [3.63, 3.8) is 0 Å². The van der Waals surface area contributed by atoms with Crippen molar-refractivity contribution < 1.29 is 8.78 Å². The molecule has 0 amide bonds. The quantitative estimate of drug-likeness (QED) is 0.623. The van der Waals surface area contributed by atoms with Crippen molar-refractivity contribution in [3.8, 4) is 0 Å². The lowest BCUT2D eigenvalue weighted by atomic mass is 10.6. The van der Waals surface area contributed by atoms with Gasteiger partial charge in [-0.15, -0.1) is 0 Å². The topological polar surface area (TPSA) is 0 Å². The molecule has 0 saturated heterocycles. The molecular weight excluding hydrogens is 246 g/mol. The molecule has 8 heavy (non-hydrogen) atoms. The first-order valence-corrected chi connectivity index (χ1v) is 3.25. The van der Waals surface area contributed by atoms with E-state index in [4.69, 9.17) is 0 Å². The van der Waals surface area contributed by atoms with Crippen LogP contribution in [0.2, 0.25) is 0 Å². The molecule has 0 aromatic heterocycles. The van der Waals surface area contributed by atoms with Crippen molar-refractivity contribution in [2.24, 2.45) is 0 Å². The molecule has 0 rings (SSSR count). The molecule has 0 fully saturated rings. The molecular formula is C4H2Br2F2. The molecule has 0 aliphatic rings. The first kappa shape index (κ1) is 8.30. The largest absolute Gasteiger partial charge is 0.199 e. The van der Waals surface area contributed by atoms with Crippen LogP contribution in [0.3, 0.4) is 0 Å². The highest BCUT2D eigenvalue weighted by atomic mass is 79.9. The number of halogens is 4. The smallest absolute Gasteiger partial charge is 0.165 e. The Balaban J connectivity index is 3.76. The van der Waals surface area contributed by atoms with Crippen molar-refractivity contribution in [1.82, 2.24) is 0 Å². The number of allylic oxidation sites excluding steroid dienone is 2. The third-order valence-corrected chi connectivity index (χ3v) is 0.864. The van der Waals surface area contributed by atoms with Gasteiger partial charge in [0.05, 0.1) is 0 Å². The summed E-state index contributed by atoms with van der Waals surface area (Å²) in [6, 6.07) is 0. The molecule has 0 aromatic rings. The van der Waals surface area contributed by atoms with Crippen molar-refractivity contribution in [2.75, 3.05) is 0 Å². The van der Waals surface area contributed by atoms with E-state index in [-0.39, 0.29) is 0 Å². The zero-order valence-corrected chi connectivity index (χ0v) is 6.84. The first-order valence-electron chi connectivity index (χ1n) is 1.67. The average Bonchev–Trinajstić information content (AvgIpc) is 1.61. The molecule has 0 spiro atoms. The molecule has 0 aliphatic heterocycles. The third kappa shape index (κ3) is 6.30. The number of hydrogen-bond acceptors (Lipinski definition) is 0. The predicted octanol–water partition coefficient (Wildman–Crippen LogP) is 3.40. The van der Waals surface area contributed by atoms with E-state index in [0.717, 1.165) is 12.2 Å². The molecule has 0 N–H and O–H groups in total. The zero-order chi connectivity index (χ0) is 6.57. The van der Waals surface area contributed by atoms with E-state index in [1.807, 2.05) is 0 Å². The van der Waals surface area contributed by atoms with Gasteiger partial charge < -0.3 is 0 Å². The Morgan fingerprint density at radius 2 is 1.25 bits per heavy atom. The maximum atomic E-state index is 11.6. The van der Waals surface area contributed by atoms with Crippen LogP contribution < -0.4 is 0 Å². The minimum atomic E-state index is -0.605. The molecule has 0 unspecified atom stereocenters. The lowest BCUT2D eigenvalue weighted by molar-refractivity contribution is 0.695. The number of rotatable bonds is 1. The summed E-state index contributed by atoms with van der Waals surface area (Å²) >= 11 is 4.93. The summed E-state index contributed by atoms with van der Waals surface area (Å²) in [5.41, 5.74) is 0. The second-order valence-electron chi connectivity index (χ2n) is 0.913. The summed E-state index contributed by atoms with van der Waals surface area (Å²) in [6.45, 7) is 0. The van der Waals surface area contributed by atoms with Gasteiger partial charge in [0.25, 0.3) is 0 Å². The van der Waals surface area contributed by atoms with Crippen LogP contribution in [0.4, 0.5) is 8.78 Å². The Bertz CT molecular complexity index is 104. The Kier molecular flexibility index (Phi) is 4.36. The predicted molar refractivity (Wildman–Crippen MR) is 36.2 cm³/mol. The molecule has 0 saturated carbocycles. The molecule has 0 aliphatic carbocycles. The van der Waals surface area contributed by atoms with Gasteiger partial charge in [-0.2, -0.15) is 8.78 Å². The normalized spacial score (nSPS) is 14.5. The van der Waals surface area contributed by atoms with Gasteiger partial charge in [0, 0.05) is 0 Å². The molecule has 46 valence electrons. The standard InChI is InChI=1S/C4H2Br2F2/c5-3(7)1-2-4(6)8/h1-2H. The maximum absolute atomic E-state index is 11.6.